The molecule has 2 amide bonds. The Bertz CT molecular complexity index is 1550. The molecule has 11 nitrogen and oxygen atoms in total. The van der Waals surface area contributed by atoms with Crippen LogP contribution >= 0.6 is 0 Å². The molecule has 1 aliphatic carbocycles. The van der Waals surface area contributed by atoms with Gasteiger partial charge in [0, 0.05) is 43.2 Å². The van der Waals surface area contributed by atoms with Gasteiger partial charge >= 0.3 is 0 Å². The van der Waals surface area contributed by atoms with Gasteiger partial charge in [0.15, 0.2) is 5.82 Å². The smallest absolute Gasteiger partial charge is 0.246 e. The number of rotatable bonds is 10. The molecule has 46 heavy (non-hydrogen) atoms. The molecule has 0 spiro atoms. The van der Waals surface area contributed by atoms with Crippen molar-refractivity contribution < 1.29 is 19.4 Å². The van der Waals surface area contributed by atoms with Gasteiger partial charge in [0.05, 0.1) is 29.3 Å². The van der Waals surface area contributed by atoms with E-state index in [-0.39, 0.29) is 41.8 Å². The van der Waals surface area contributed by atoms with Crippen LogP contribution in [0.1, 0.15) is 49.7 Å². The van der Waals surface area contributed by atoms with Gasteiger partial charge in [-0.2, -0.15) is 5.10 Å². The highest BCUT2D eigenvalue weighted by Gasteiger charge is 2.24. The van der Waals surface area contributed by atoms with Crippen molar-refractivity contribution in [3.63, 3.8) is 0 Å². The lowest BCUT2D eigenvalue weighted by atomic mass is 9.92. The zero-order chi connectivity index (χ0) is 32.3. The lowest BCUT2D eigenvalue weighted by Gasteiger charge is -2.32. The fourth-order valence-electron chi connectivity index (χ4n) is 5.69. The summed E-state index contributed by atoms with van der Waals surface area (Å²) in [6.45, 7) is 1.41. The number of hydrogen-bond acceptors (Lipinski definition) is 9. The van der Waals surface area contributed by atoms with E-state index in [1.807, 2.05) is 60.7 Å². The van der Waals surface area contributed by atoms with E-state index in [0.717, 1.165) is 18.6 Å². The molecule has 2 heterocycles. The van der Waals surface area contributed by atoms with E-state index in [9.17, 15) is 14.7 Å². The number of piperidine rings is 1. The summed E-state index contributed by atoms with van der Waals surface area (Å²) in [6, 6.07) is 16.8. The summed E-state index contributed by atoms with van der Waals surface area (Å²) in [7, 11) is 0. The number of allylic oxidation sites excluding steroid dienone is 1. The molecular weight excluding hydrogens is 582 g/mol. The van der Waals surface area contributed by atoms with Crippen LogP contribution in [0.4, 0.5) is 11.5 Å². The largest absolute Gasteiger partial charge is 0.457 e. The Balaban J connectivity index is 1.10. The fraction of sp³-hybridized carbons (Fsp3) is 0.343. The molecule has 2 aromatic carbocycles. The van der Waals surface area contributed by atoms with Gasteiger partial charge in [-0.15, -0.1) is 5.10 Å². The molecule has 0 bridgehead atoms. The Morgan fingerprint density at radius 2 is 1.76 bits per heavy atom. The van der Waals surface area contributed by atoms with Crippen molar-refractivity contribution in [2.24, 2.45) is 5.92 Å². The van der Waals surface area contributed by atoms with Gasteiger partial charge in [0.1, 0.15) is 11.5 Å². The standard InChI is InChI=1S/C35H41N7O4/c36-33(24-13-16-29(17-14-24)46-28-9-2-1-3-10-28)32-30(23-39-41-34(32)37)40-26-18-21-42(22-19-26)31(44)11-6-20-38-35(45)25-7-4-5-8-27(43)15-12-25/h1-3,5-6,8-11,13-14,16-17,23,25-27,36,43H,4,7,12,15,18-22H2,(H,38,45)(H3,37,40,41)/b8-5+,11-6+,36-33?. The van der Waals surface area contributed by atoms with E-state index in [2.05, 4.69) is 20.8 Å². The highest BCUT2D eigenvalue weighted by atomic mass is 16.5. The van der Waals surface area contributed by atoms with Crippen LogP contribution in [0.2, 0.25) is 0 Å². The summed E-state index contributed by atoms with van der Waals surface area (Å²) in [5.74, 6) is 1.28. The summed E-state index contributed by atoms with van der Waals surface area (Å²) < 4.78 is 5.87. The third-order valence-electron chi connectivity index (χ3n) is 8.29. The van der Waals surface area contributed by atoms with Crippen molar-refractivity contribution >= 4 is 29.0 Å². The minimum absolute atomic E-state index is 0.0423. The van der Waals surface area contributed by atoms with E-state index >= 15 is 0 Å². The first-order chi connectivity index (χ1) is 22.4. The molecule has 2 unspecified atom stereocenters. The molecule has 5 rings (SSSR count). The lowest BCUT2D eigenvalue weighted by Crippen LogP contribution is -2.42. The number of likely N-dealkylation sites (tertiary alicyclic amines) is 1. The molecule has 11 heteroatoms. The summed E-state index contributed by atoms with van der Waals surface area (Å²) in [5, 5.41) is 33.1. The fourth-order valence-corrected chi connectivity index (χ4v) is 5.69. The van der Waals surface area contributed by atoms with Gasteiger partial charge in [-0.3, -0.25) is 15.0 Å². The zero-order valence-electron chi connectivity index (χ0n) is 25.8. The zero-order valence-corrected chi connectivity index (χ0v) is 25.8. The second kappa shape index (κ2) is 15.8. The molecule has 6 N–H and O–H groups in total. The lowest BCUT2D eigenvalue weighted by molar-refractivity contribution is -0.127. The molecular formula is C35H41N7O4. The topological polar surface area (TPSA) is 167 Å². The number of hydrogen-bond donors (Lipinski definition) is 5. The van der Waals surface area contributed by atoms with Gasteiger partial charge in [-0.1, -0.05) is 36.4 Å². The normalized spacial score (nSPS) is 19.5. The van der Waals surface area contributed by atoms with Crippen LogP contribution in [0.25, 0.3) is 0 Å². The van der Waals surface area contributed by atoms with E-state index in [0.29, 0.717) is 61.3 Å². The molecule has 0 saturated carbocycles. The Morgan fingerprint density at radius 1 is 1.02 bits per heavy atom. The van der Waals surface area contributed by atoms with Crippen molar-refractivity contribution in [2.75, 3.05) is 30.7 Å². The molecule has 2 aliphatic rings. The maximum absolute atomic E-state index is 12.8. The highest BCUT2D eigenvalue weighted by molar-refractivity contribution is 6.16. The van der Waals surface area contributed by atoms with Crippen molar-refractivity contribution in [2.45, 2.75) is 50.7 Å². The molecule has 1 aliphatic heterocycles. The van der Waals surface area contributed by atoms with E-state index in [1.54, 1.807) is 23.2 Å². The first-order valence-electron chi connectivity index (χ1n) is 15.7. The second-order valence-corrected chi connectivity index (χ2v) is 11.6. The van der Waals surface area contributed by atoms with Crippen LogP contribution in [-0.2, 0) is 9.59 Å². The summed E-state index contributed by atoms with van der Waals surface area (Å²) in [4.78, 5) is 27.1. The Hall–Kier alpha value is -5.03. The predicted molar refractivity (Wildman–Crippen MR) is 178 cm³/mol. The van der Waals surface area contributed by atoms with Crippen molar-refractivity contribution in [3.05, 3.63) is 96.2 Å². The molecule has 2 atom stereocenters. The second-order valence-electron chi connectivity index (χ2n) is 11.6. The molecule has 240 valence electrons. The number of benzene rings is 2. The molecule has 0 radical (unpaired) electrons. The van der Waals surface area contributed by atoms with Crippen LogP contribution in [0.5, 0.6) is 11.5 Å². The molecule has 3 aromatic rings. The first kappa shape index (κ1) is 32.4. The number of anilines is 2. The summed E-state index contributed by atoms with van der Waals surface area (Å²) in [5.41, 5.74) is 8.19. The number of nitrogen functional groups attached to an aromatic ring is 1. The van der Waals surface area contributed by atoms with Crippen LogP contribution in [0.15, 0.2) is 85.1 Å². The van der Waals surface area contributed by atoms with Crippen LogP contribution in [0.3, 0.4) is 0 Å². The van der Waals surface area contributed by atoms with Gasteiger partial charge in [-0.05, 0) is 74.9 Å². The predicted octanol–water partition coefficient (Wildman–Crippen LogP) is 4.45. The average molecular weight is 624 g/mol. The summed E-state index contributed by atoms with van der Waals surface area (Å²) >= 11 is 0. The van der Waals surface area contributed by atoms with Gasteiger partial charge in [0.25, 0.3) is 0 Å². The van der Waals surface area contributed by atoms with E-state index in [1.165, 1.54) is 6.08 Å². The molecule has 1 saturated heterocycles. The van der Waals surface area contributed by atoms with Gasteiger partial charge in [0.2, 0.25) is 11.8 Å². The first-order valence-corrected chi connectivity index (χ1v) is 15.7. The number of nitrogens with one attached hydrogen (secondary N) is 3. The number of carbonyl (C=O) groups is 2. The maximum atomic E-state index is 12.8. The molecule has 1 fully saturated rings. The number of amides is 2. The third kappa shape index (κ3) is 8.79. The third-order valence-corrected chi connectivity index (χ3v) is 8.29. The van der Waals surface area contributed by atoms with Gasteiger partial charge < -0.3 is 31.1 Å². The Morgan fingerprint density at radius 3 is 2.52 bits per heavy atom. The number of aromatic nitrogens is 2. The van der Waals surface area contributed by atoms with Crippen molar-refractivity contribution in [3.8, 4) is 11.5 Å². The van der Waals surface area contributed by atoms with Gasteiger partial charge in [-0.25, -0.2) is 0 Å². The quantitative estimate of drug-likeness (QED) is 0.125. The minimum atomic E-state index is -0.493. The van der Waals surface area contributed by atoms with Crippen molar-refractivity contribution in [1.82, 2.24) is 20.4 Å². The Kier molecular flexibility index (Phi) is 11.1. The molecule has 1 aromatic heterocycles. The summed E-state index contributed by atoms with van der Waals surface area (Å²) in [6.07, 6.45) is 12.2. The maximum Gasteiger partial charge on any atom is 0.246 e. The van der Waals surface area contributed by atoms with Crippen LogP contribution in [-0.4, -0.2) is 69.5 Å². The number of para-hydroxylation sites is 1. The number of aliphatic hydroxyl groups is 1. The Labute approximate surface area is 269 Å². The number of nitrogens with two attached hydrogens (primary N) is 1. The highest BCUT2D eigenvalue weighted by Crippen LogP contribution is 2.27. The monoisotopic (exact) mass is 623 g/mol. The van der Waals surface area contributed by atoms with Crippen LogP contribution in [0, 0.1) is 11.3 Å². The average Bonchev–Trinajstić information content (AvgIpc) is 3.06. The minimum Gasteiger partial charge on any atom is -0.457 e. The number of nitrogens with zero attached hydrogens (tertiary/aromatic N) is 3. The van der Waals surface area contributed by atoms with E-state index < -0.39 is 6.10 Å². The SMILES string of the molecule is N=C(c1ccc(Oc2ccccc2)cc1)c1c(NC2CCN(C(=O)/C=C/CNC(=O)C3CC/C=C/C(O)CC3)CC2)cnnc1N. The van der Waals surface area contributed by atoms with E-state index in [4.69, 9.17) is 15.9 Å². The van der Waals surface area contributed by atoms with Crippen molar-refractivity contribution in [1.29, 1.82) is 5.41 Å². The number of carbonyl (C=O) groups excluding carboxylic acids is 2. The number of ether oxygens (including phenoxy) is 1. The van der Waals surface area contributed by atoms with Crippen LogP contribution < -0.4 is 21.1 Å². The number of aliphatic hydroxyl groups excluding tert-OH is 1.